The van der Waals surface area contributed by atoms with Crippen molar-refractivity contribution in [1.82, 2.24) is 4.90 Å². The van der Waals surface area contributed by atoms with Crippen LogP contribution in [0.15, 0.2) is 28.7 Å². The van der Waals surface area contributed by atoms with E-state index in [1.165, 1.54) is 19.3 Å². The van der Waals surface area contributed by atoms with Crippen molar-refractivity contribution >= 4 is 21.8 Å². The highest BCUT2D eigenvalue weighted by Crippen LogP contribution is 2.26. The number of ether oxygens (including phenoxy) is 1. The first-order valence-corrected chi connectivity index (χ1v) is 8.06. The Hall–Kier alpha value is -1.03. The molecule has 0 bridgehead atoms. The second kappa shape index (κ2) is 7.11. The van der Waals surface area contributed by atoms with Gasteiger partial charge in [0, 0.05) is 13.1 Å². The fourth-order valence-corrected chi connectivity index (χ4v) is 3.09. The van der Waals surface area contributed by atoms with Gasteiger partial charge < -0.3 is 9.64 Å². The zero-order valence-electron chi connectivity index (χ0n) is 12.1. The van der Waals surface area contributed by atoms with Crippen molar-refractivity contribution in [2.75, 3.05) is 7.05 Å². The van der Waals surface area contributed by atoms with Crippen LogP contribution in [0.3, 0.4) is 0 Å². The lowest BCUT2D eigenvalue weighted by atomic mass is 9.94. The predicted molar refractivity (Wildman–Crippen MR) is 83.9 cm³/mol. The van der Waals surface area contributed by atoms with E-state index in [2.05, 4.69) is 15.9 Å². The number of nitrogens with zero attached hydrogens (tertiary/aromatic N) is 1. The maximum atomic E-state index is 12.4. The van der Waals surface area contributed by atoms with E-state index < -0.39 is 6.10 Å². The number of carbonyl (C=O) groups excluding carboxylic acids is 1. The second-order valence-corrected chi connectivity index (χ2v) is 6.29. The third-order valence-corrected chi connectivity index (χ3v) is 4.61. The minimum atomic E-state index is -0.458. The Balaban J connectivity index is 1.96. The first-order valence-electron chi connectivity index (χ1n) is 7.27. The number of para-hydroxylation sites is 1. The van der Waals surface area contributed by atoms with Gasteiger partial charge in [-0.15, -0.1) is 0 Å². The summed E-state index contributed by atoms with van der Waals surface area (Å²) in [4.78, 5) is 14.3. The van der Waals surface area contributed by atoms with Crippen molar-refractivity contribution in [2.24, 2.45) is 0 Å². The SMILES string of the molecule is CC(Oc1ccccc1Br)C(=O)N(C)C1CCCCC1. The molecule has 1 saturated carbocycles. The molecule has 1 unspecified atom stereocenters. The van der Waals surface area contributed by atoms with Crippen LogP contribution < -0.4 is 4.74 Å². The highest BCUT2D eigenvalue weighted by Gasteiger charge is 2.26. The van der Waals surface area contributed by atoms with E-state index in [-0.39, 0.29) is 5.91 Å². The molecule has 4 heteroatoms. The van der Waals surface area contributed by atoms with Gasteiger partial charge in [0.2, 0.25) is 0 Å². The van der Waals surface area contributed by atoms with Gasteiger partial charge in [0.15, 0.2) is 6.10 Å². The van der Waals surface area contributed by atoms with E-state index in [9.17, 15) is 4.79 Å². The summed E-state index contributed by atoms with van der Waals surface area (Å²) in [6, 6.07) is 7.99. The Morgan fingerprint density at radius 1 is 1.30 bits per heavy atom. The number of benzene rings is 1. The maximum Gasteiger partial charge on any atom is 0.263 e. The zero-order chi connectivity index (χ0) is 14.5. The van der Waals surface area contributed by atoms with E-state index in [0.717, 1.165) is 17.3 Å². The fourth-order valence-electron chi connectivity index (χ4n) is 2.72. The average molecular weight is 340 g/mol. The third kappa shape index (κ3) is 3.75. The van der Waals surface area contributed by atoms with Crippen molar-refractivity contribution in [3.05, 3.63) is 28.7 Å². The summed E-state index contributed by atoms with van der Waals surface area (Å²) in [5, 5.41) is 0. The minimum Gasteiger partial charge on any atom is -0.480 e. The Labute approximate surface area is 129 Å². The largest absolute Gasteiger partial charge is 0.480 e. The van der Waals surface area contributed by atoms with Crippen molar-refractivity contribution in [2.45, 2.75) is 51.2 Å². The second-order valence-electron chi connectivity index (χ2n) is 5.43. The summed E-state index contributed by atoms with van der Waals surface area (Å²) in [6.45, 7) is 1.82. The molecule has 20 heavy (non-hydrogen) atoms. The van der Waals surface area contributed by atoms with Crippen LogP contribution >= 0.6 is 15.9 Å². The lowest BCUT2D eigenvalue weighted by Gasteiger charge is -2.33. The molecular weight excluding hydrogens is 318 g/mol. The van der Waals surface area contributed by atoms with Crippen LogP contribution in [0.1, 0.15) is 39.0 Å². The number of amides is 1. The first kappa shape index (κ1) is 15.4. The molecule has 0 saturated heterocycles. The van der Waals surface area contributed by atoms with Crippen molar-refractivity contribution < 1.29 is 9.53 Å². The molecule has 1 atom stereocenters. The van der Waals surface area contributed by atoms with Gasteiger partial charge >= 0.3 is 0 Å². The van der Waals surface area contributed by atoms with Crippen molar-refractivity contribution in [1.29, 1.82) is 0 Å². The Bertz CT molecular complexity index is 458. The highest BCUT2D eigenvalue weighted by molar-refractivity contribution is 9.10. The van der Waals surface area contributed by atoms with Crippen LogP contribution in [0.4, 0.5) is 0 Å². The van der Waals surface area contributed by atoms with E-state index in [1.54, 1.807) is 0 Å². The number of likely N-dealkylation sites (N-methyl/N-ethyl adjacent to an activating group) is 1. The van der Waals surface area contributed by atoms with Gasteiger partial charge in [-0.1, -0.05) is 31.4 Å². The lowest BCUT2D eigenvalue weighted by molar-refractivity contribution is -0.139. The Morgan fingerprint density at radius 2 is 1.95 bits per heavy atom. The van der Waals surface area contributed by atoms with Gasteiger partial charge in [0.05, 0.1) is 4.47 Å². The lowest BCUT2D eigenvalue weighted by Crippen LogP contribution is -2.44. The van der Waals surface area contributed by atoms with Crippen LogP contribution in [0.2, 0.25) is 0 Å². The van der Waals surface area contributed by atoms with Crippen LogP contribution in [-0.4, -0.2) is 30.0 Å². The molecule has 1 amide bonds. The molecule has 1 aliphatic carbocycles. The molecule has 1 aliphatic rings. The highest BCUT2D eigenvalue weighted by atomic mass is 79.9. The number of carbonyl (C=O) groups is 1. The molecule has 1 fully saturated rings. The van der Waals surface area contributed by atoms with E-state index in [1.807, 2.05) is 43.1 Å². The van der Waals surface area contributed by atoms with Gasteiger partial charge in [-0.25, -0.2) is 0 Å². The van der Waals surface area contributed by atoms with E-state index >= 15 is 0 Å². The number of hydrogen-bond acceptors (Lipinski definition) is 2. The standard InChI is InChI=1S/C16H22BrNO2/c1-12(20-15-11-7-6-10-14(15)17)16(19)18(2)13-8-4-3-5-9-13/h6-7,10-13H,3-5,8-9H2,1-2H3. The Morgan fingerprint density at radius 3 is 2.60 bits per heavy atom. The van der Waals surface area contributed by atoms with Crippen LogP contribution in [-0.2, 0) is 4.79 Å². The molecule has 110 valence electrons. The molecule has 0 heterocycles. The summed E-state index contributed by atoms with van der Waals surface area (Å²) in [5.74, 6) is 0.776. The molecule has 0 aromatic heterocycles. The van der Waals surface area contributed by atoms with E-state index in [4.69, 9.17) is 4.74 Å². The van der Waals surface area contributed by atoms with Gasteiger partial charge in [-0.05, 0) is 47.8 Å². The molecular formula is C16H22BrNO2. The number of halogens is 1. The fraction of sp³-hybridized carbons (Fsp3) is 0.562. The normalized spacial score (nSPS) is 17.6. The average Bonchev–Trinajstić information content (AvgIpc) is 2.49. The molecule has 0 spiro atoms. The molecule has 2 rings (SSSR count). The molecule has 1 aromatic rings. The molecule has 0 radical (unpaired) electrons. The van der Waals surface area contributed by atoms with Crippen molar-refractivity contribution in [3.8, 4) is 5.75 Å². The van der Waals surface area contributed by atoms with Gasteiger partial charge in [-0.2, -0.15) is 0 Å². The van der Waals surface area contributed by atoms with Crippen molar-refractivity contribution in [3.63, 3.8) is 0 Å². The third-order valence-electron chi connectivity index (χ3n) is 3.96. The molecule has 0 aliphatic heterocycles. The molecule has 0 N–H and O–H groups in total. The summed E-state index contributed by atoms with van der Waals surface area (Å²) in [6.07, 6.45) is 5.51. The molecule has 1 aromatic carbocycles. The minimum absolute atomic E-state index is 0.0626. The summed E-state index contributed by atoms with van der Waals surface area (Å²) < 4.78 is 6.66. The van der Waals surface area contributed by atoms with Crippen LogP contribution in [0.5, 0.6) is 5.75 Å². The summed E-state index contributed by atoms with van der Waals surface area (Å²) in [7, 11) is 1.90. The molecule has 3 nitrogen and oxygen atoms in total. The first-order chi connectivity index (χ1) is 9.59. The monoisotopic (exact) mass is 339 g/mol. The maximum absolute atomic E-state index is 12.4. The van der Waals surface area contributed by atoms with Crippen LogP contribution in [0.25, 0.3) is 0 Å². The van der Waals surface area contributed by atoms with Gasteiger partial charge in [-0.3, -0.25) is 4.79 Å². The Kier molecular flexibility index (Phi) is 5.46. The van der Waals surface area contributed by atoms with Gasteiger partial charge in [0.25, 0.3) is 5.91 Å². The van der Waals surface area contributed by atoms with Gasteiger partial charge in [0.1, 0.15) is 5.75 Å². The smallest absolute Gasteiger partial charge is 0.263 e. The topological polar surface area (TPSA) is 29.5 Å². The number of rotatable bonds is 4. The predicted octanol–water partition coefficient (Wildman–Crippen LogP) is 4.01. The summed E-state index contributed by atoms with van der Waals surface area (Å²) in [5.41, 5.74) is 0. The number of hydrogen-bond donors (Lipinski definition) is 0. The van der Waals surface area contributed by atoms with E-state index in [0.29, 0.717) is 11.8 Å². The van der Waals surface area contributed by atoms with Crippen LogP contribution in [0, 0.1) is 0 Å². The quantitative estimate of drug-likeness (QED) is 0.829. The zero-order valence-corrected chi connectivity index (χ0v) is 13.7. The summed E-state index contributed by atoms with van der Waals surface area (Å²) >= 11 is 3.44.